The SMILES string of the molecule is CCC(C)c1nc(N(C)CC(C)(C)C)sc1CN. The zero-order valence-corrected chi connectivity index (χ0v) is 13.4. The maximum absolute atomic E-state index is 5.84. The quantitative estimate of drug-likeness (QED) is 0.888. The Kier molecular flexibility index (Phi) is 5.17. The summed E-state index contributed by atoms with van der Waals surface area (Å²) in [6, 6.07) is 0. The molecule has 4 heteroatoms. The molecule has 1 unspecified atom stereocenters. The molecule has 1 rings (SSSR count). The van der Waals surface area contributed by atoms with E-state index < -0.39 is 0 Å². The lowest BCUT2D eigenvalue weighted by atomic mass is 9.96. The minimum atomic E-state index is 0.278. The third-order valence-corrected chi connectivity index (χ3v) is 4.23. The van der Waals surface area contributed by atoms with Crippen LogP contribution in [0.3, 0.4) is 0 Å². The van der Waals surface area contributed by atoms with Crippen LogP contribution in [-0.4, -0.2) is 18.6 Å². The van der Waals surface area contributed by atoms with Crippen molar-refractivity contribution in [2.45, 2.75) is 53.5 Å². The van der Waals surface area contributed by atoms with Gasteiger partial charge in [-0.2, -0.15) is 0 Å². The first kappa shape index (κ1) is 15.4. The van der Waals surface area contributed by atoms with E-state index in [0.29, 0.717) is 12.5 Å². The third kappa shape index (κ3) is 3.95. The van der Waals surface area contributed by atoms with E-state index >= 15 is 0 Å². The van der Waals surface area contributed by atoms with Crippen molar-refractivity contribution in [3.05, 3.63) is 10.6 Å². The molecule has 0 aromatic carbocycles. The zero-order chi connectivity index (χ0) is 13.9. The average molecular weight is 269 g/mol. The number of rotatable bonds is 5. The highest BCUT2D eigenvalue weighted by molar-refractivity contribution is 7.15. The largest absolute Gasteiger partial charge is 0.351 e. The minimum absolute atomic E-state index is 0.278. The monoisotopic (exact) mass is 269 g/mol. The average Bonchev–Trinajstić information content (AvgIpc) is 2.69. The zero-order valence-electron chi connectivity index (χ0n) is 12.6. The van der Waals surface area contributed by atoms with Gasteiger partial charge in [0, 0.05) is 25.0 Å². The lowest BCUT2D eigenvalue weighted by Crippen LogP contribution is -2.28. The van der Waals surface area contributed by atoms with E-state index in [9.17, 15) is 0 Å². The van der Waals surface area contributed by atoms with Crippen LogP contribution in [0.2, 0.25) is 0 Å². The number of anilines is 1. The van der Waals surface area contributed by atoms with E-state index in [1.165, 1.54) is 10.6 Å². The molecule has 2 N–H and O–H groups in total. The predicted molar refractivity (Wildman–Crippen MR) is 81.4 cm³/mol. The Balaban J connectivity index is 2.94. The van der Waals surface area contributed by atoms with Crippen molar-refractivity contribution < 1.29 is 0 Å². The molecule has 0 aliphatic rings. The molecule has 0 radical (unpaired) electrons. The van der Waals surface area contributed by atoms with E-state index in [-0.39, 0.29) is 5.41 Å². The highest BCUT2D eigenvalue weighted by Gasteiger charge is 2.20. The van der Waals surface area contributed by atoms with Crippen molar-refractivity contribution in [3.8, 4) is 0 Å². The van der Waals surface area contributed by atoms with Crippen molar-refractivity contribution in [1.29, 1.82) is 0 Å². The summed E-state index contributed by atoms with van der Waals surface area (Å²) in [4.78, 5) is 8.28. The highest BCUT2D eigenvalue weighted by Crippen LogP contribution is 2.32. The number of thiazole rings is 1. The Hall–Kier alpha value is -0.610. The van der Waals surface area contributed by atoms with Gasteiger partial charge in [-0.05, 0) is 17.8 Å². The first-order valence-corrected chi connectivity index (χ1v) is 7.51. The van der Waals surface area contributed by atoms with E-state index in [0.717, 1.165) is 18.1 Å². The second-order valence-electron chi connectivity index (χ2n) is 6.23. The molecule has 1 aromatic heterocycles. The van der Waals surface area contributed by atoms with Crippen molar-refractivity contribution in [3.63, 3.8) is 0 Å². The van der Waals surface area contributed by atoms with E-state index in [1.807, 2.05) is 0 Å². The summed E-state index contributed by atoms with van der Waals surface area (Å²) in [5, 5.41) is 1.10. The summed E-state index contributed by atoms with van der Waals surface area (Å²) in [6.07, 6.45) is 1.11. The fourth-order valence-corrected chi connectivity index (χ4v) is 3.04. The molecule has 0 amide bonds. The Morgan fingerprint density at radius 3 is 2.44 bits per heavy atom. The molecule has 0 aliphatic carbocycles. The Morgan fingerprint density at radius 1 is 1.39 bits per heavy atom. The number of hydrogen-bond acceptors (Lipinski definition) is 4. The molecule has 1 aromatic rings. The molecular formula is C14H27N3S. The Labute approximate surface area is 115 Å². The normalized spacial score (nSPS) is 13.7. The first-order valence-electron chi connectivity index (χ1n) is 6.69. The summed E-state index contributed by atoms with van der Waals surface area (Å²) >= 11 is 1.74. The summed E-state index contributed by atoms with van der Waals surface area (Å²) in [7, 11) is 2.12. The molecule has 0 fully saturated rings. The van der Waals surface area contributed by atoms with Crippen LogP contribution in [0.15, 0.2) is 0 Å². The second-order valence-corrected chi connectivity index (χ2v) is 7.30. The van der Waals surface area contributed by atoms with Crippen LogP contribution >= 0.6 is 11.3 Å². The second kappa shape index (κ2) is 6.02. The fourth-order valence-electron chi connectivity index (χ4n) is 2.02. The van der Waals surface area contributed by atoms with Crippen molar-refractivity contribution in [2.75, 3.05) is 18.5 Å². The molecule has 0 spiro atoms. The van der Waals surface area contributed by atoms with Crippen LogP contribution in [0.4, 0.5) is 5.13 Å². The Morgan fingerprint density at radius 2 is 2.00 bits per heavy atom. The summed E-state index contributed by atoms with van der Waals surface area (Å²) in [5.74, 6) is 0.497. The van der Waals surface area contributed by atoms with Gasteiger partial charge >= 0.3 is 0 Å². The molecule has 104 valence electrons. The molecule has 1 atom stereocenters. The third-order valence-electron chi connectivity index (χ3n) is 3.02. The van der Waals surface area contributed by atoms with Gasteiger partial charge in [0.1, 0.15) is 0 Å². The maximum atomic E-state index is 5.84. The molecular weight excluding hydrogens is 242 g/mol. The molecule has 1 heterocycles. The van der Waals surface area contributed by atoms with Gasteiger partial charge in [0.2, 0.25) is 0 Å². The van der Waals surface area contributed by atoms with E-state index in [1.54, 1.807) is 11.3 Å². The van der Waals surface area contributed by atoms with Crippen LogP contribution in [-0.2, 0) is 6.54 Å². The van der Waals surface area contributed by atoms with E-state index in [4.69, 9.17) is 10.7 Å². The molecule has 0 bridgehead atoms. The van der Waals surface area contributed by atoms with Crippen LogP contribution < -0.4 is 10.6 Å². The molecule has 0 saturated heterocycles. The smallest absolute Gasteiger partial charge is 0.185 e. The minimum Gasteiger partial charge on any atom is -0.351 e. The molecule has 3 nitrogen and oxygen atoms in total. The van der Waals surface area contributed by atoms with Crippen LogP contribution in [0.25, 0.3) is 0 Å². The molecule has 0 aliphatic heterocycles. The van der Waals surface area contributed by atoms with Crippen LogP contribution in [0, 0.1) is 5.41 Å². The van der Waals surface area contributed by atoms with Crippen molar-refractivity contribution >= 4 is 16.5 Å². The fraction of sp³-hybridized carbons (Fsp3) is 0.786. The molecule has 0 saturated carbocycles. The standard InChI is InChI=1S/C14H27N3S/c1-7-10(2)12-11(8-15)18-13(16-12)17(6)9-14(3,4)5/h10H,7-9,15H2,1-6H3. The van der Waals surface area contributed by atoms with Gasteiger partial charge < -0.3 is 10.6 Å². The summed E-state index contributed by atoms with van der Waals surface area (Å²) < 4.78 is 0. The Bertz CT molecular complexity index is 379. The topological polar surface area (TPSA) is 42.2 Å². The van der Waals surface area contributed by atoms with Gasteiger partial charge in [-0.1, -0.05) is 34.6 Å². The van der Waals surface area contributed by atoms with Gasteiger partial charge in [-0.3, -0.25) is 0 Å². The number of nitrogens with two attached hydrogens (primary N) is 1. The van der Waals surface area contributed by atoms with Crippen molar-refractivity contribution in [2.24, 2.45) is 11.1 Å². The van der Waals surface area contributed by atoms with Gasteiger partial charge in [0.05, 0.1) is 5.69 Å². The summed E-state index contributed by atoms with van der Waals surface area (Å²) in [5.41, 5.74) is 7.31. The number of nitrogens with zero attached hydrogens (tertiary/aromatic N) is 2. The lowest BCUT2D eigenvalue weighted by Gasteiger charge is -2.26. The van der Waals surface area contributed by atoms with Crippen molar-refractivity contribution in [1.82, 2.24) is 4.98 Å². The summed E-state index contributed by atoms with van der Waals surface area (Å²) in [6.45, 7) is 12.8. The van der Waals surface area contributed by atoms with Gasteiger partial charge in [0.15, 0.2) is 5.13 Å². The van der Waals surface area contributed by atoms with Crippen LogP contribution in [0.1, 0.15) is 57.5 Å². The van der Waals surface area contributed by atoms with Gasteiger partial charge in [-0.25, -0.2) is 4.98 Å². The van der Waals surface area contributed by atoms with Crippen LogP contribution in [0.5, 0.6) is 0 Å². The number of aromatic nitrogens is 1. The van der Waals surface area contributed by atoms with Gasteiger partial charge in [-0.15, -0.1) is 11.3 Å². The number of hydrogen-bond donors (Lipinski definition) is 1. The lowest BCUT2D eigenvalue weighted by molar-refractivity contribution is 0.418. The van der Waals surface area contributed by atoms with E-state index in [2.05, 4.69) is 46.6 Å². The molecule has 18 heavy (non-hydrogen) atoms. The predicted octanol–water partition coefficient (Wildman–Crippen LogP) is 3.60. The van der Waals surface area contributed by atoms with Gasteiger partial charge in [0.25, 0.3) is 0 Å². The highest BCUT2D eigenvalue weighted by atomic mass is 32.1. The maximum Gasteiger partial charge on any atom is 0.185 e. The first-order chi connectivity index (χ1) is 8.28.